The lowest BCUT2D eigenvalue weighted by atomic mass is 9.85. The maximum absolute atomic E-state index is 12.7. The van der Waals surface area contributed by atoms with Crippen LogP contribution in [-0.2, 0) is 9.59 Å². The summed E-state index contributed by atoms with van der Waals surface area (Å²) in [6, 6.07) is 5.24. The van der Waals surface area contributed by atoms with Crippen molar-refractivity contribution in [3.8, 4) is 17.1 Å². The van der Waals surface area contributed by atoms with Crippen molar-refractivity contribution >= 4 is 17.5 Å². The first-order valence-electron chi connectivity index (χ1n) is 7.82. The second-order valence-corrected chi connectivity index (χ2v) is 5.95. The monoisotopic (exact) mass is 341 g/mol. The highest BCUT2D eigenvalue weighted by molar-refractivity contribution is 6.03. The Morgan fingerprint density at radius 2 is 2.28 bits per heavy atom. The highest BCUT2D eigenvalue weighted by Crippen LogP contribution is 2.35. The molecule has 1 saturated heterocycles. The van der Waals surface area contributed by atoms with Gasteiger partial charge < -0.3 is 19.4 Å². The fourth-order valence-electron chi connectivity index (χ4n) is 2.85. The van der Waals surface area contributed by atoms with Gasteiger partial charge in [0.05, 0.1) is 18.9 Å². The van der Waals surface area contributed by atoms with Crippen molar-refractivity contribution in [1.29, 1.82) is 0 Å². The molecular formula is C18H19N3O4. The van der Waals surface area contributed by atoms with Gasteiger partial charge in [-0.3, -0.25) is 9.59 Å². The molecule has 1 aliphatic rings. The molecule has 1 unspecified atom stereocenters. The second-order valence-electron chi connectivity index (χ2n) is 5.95. The van der Waals surface area contributed by atoms with E-state index in [9.17, 15) is 9.59 Å². The van der Waals surface area contributed by atoms with Crippen LogP contribution in [0.1, 0.15) is 13.3 Å². The normalized spacial score (nSPS) is 19.0. The van der Waals surface area contributed by atoms with Gasteiger partial charge in [-0.05, 0) is 31.6 Å². The third-order valence-electron chi connectivity index (χ3n) is 4.50. The number of carbonyl (C=O) groups is 2. The van der Waals surface area contributed by atoms with Gasteiger partial charge in [0, 0.05) is 18.3 Å². The highest BCUT2D eigenvalue weighted by Gasteiger charge is 2.48. The third kappa shape index (κ3) is 2.88. The van der Waals surface area contributed by atoms with Gasteiger partial charge in [-0.25, -0.2) is 4.98 Å². The molecule has 2 aromatic rings. The Bertz CT molecular complexity index is 816. The van der Waals surface area contributed by atoms with E-state index in [4.69, 9.17) is 9.15 Å². The zero-order valence-electron chi connectivity index (χ0n) is 14.1. The first-order valence-corrected chi connectivity index (χ1v) is 7.82. The standard InChI is InChI=1S/C18H19N3O4/c1-4-16(22)21-8-7-18(21,2)17(23)20-12-5-6-13(14(9-12)24-3)15-10-19-11-25-15/h4-6,9-11H,1,7-8H2,2-3H3,(H,20,23). The van der Waals surface area contributed by atoms with Gasteiger partial charge in [0.25, 0.3) is 0 Å². The lowest BCUT2D eigenvalue weighted by Gasteiger charge is -2.48. The van der Waals surface area contributed by atoms with E-state index in [1.807, 2.05) is 0 Å². The summed E-state index contributed by atoms with van der Waals surface area (Å²) in [5.41, 5.74) is 0.433. The Kier molecular flexibility index (Phi) is 4.31. The van der Waals surface area contributed by atoms with Crippen LogP contribution in [0.2, 0.25) is 0 Å². The van der Waals surface area contributed by atoms with Crippen LogP contribution in [0.15, 0.2) is 47.9 Å². The van der Waals surface area contributed by atoms with Gasteiger partial charge >= 0.3 is 0 Å². The number of carbonyl (C=O) groups excluding carboxylic acids is 2. The van der Waals surface area contributed by atoms with Crippen LogP contribution in [0.4, 0.5) is 5.69 Å². The van der Waals surface area contributed by atoms with Gasteiger partial charge in [-0.2, -0.15) is 0 Å². The predicted octanol–water partition coefficient (Wildman–Crippen LogP) is 2.47. The molecule has 1 aliphatic heterocycles. The number of likely N-dealkylation sites (tertiary alicyclic amines) is 1. The Hall–Kier alpha value is -3.09. The Balaban J connectivity index is 1.80. The van der Waals surface area contributed by atoms with E-state index in [1.165, 1.54) is 17.4 Å². The minimum Gasteiger partial charge on any atom is -0.496 e. The smallest absolute Gasteiger partial charge is 0.250 e. The fraction of sp³-hybridized carbons (Fsp3) is 0.278. The number of rotatable bonds is 5. The molecule has 2 heterocycles. The molecule has 0 bridgehead atoms. The molecule has 0 spiro atoms. The van der Waals surface area contributed by atoms with Gasteiger partial charge in [-0.15, -0.1) is 0 Å². The van der Waals surface area contributed by atoms with Gasteiger partial charge in [0.1, 0.15) is 11.3 Å². The summed E-state index contributed by atoms with van der Waals surface area (Å²) < 4.78 is 10.7. The van der Waals surface area contributed by atoms with Crippen LogP contribution in [0.3, 0.4) is 0 Å². The highest BCUT2D eigenvalue weighted by atomic mass is 16.5. The predicted molar refractivity (Wildman–Crippen MR) is 92.1 cm³/mol. The minimum absolute atomic E-state index is 0.247. The first kappa shape index (κ1) is 16.8. The molecule has 1 aromatic heterocycles. The molecule has 1 aromatic carbocycles. The van der Waals surface area contributed by atoms with Gasteiger partial charge in [0.15, 0.2) is 12.2 Å². The van der Waals surface area contributed by atoms with Crippen LogP contribution in [0.5, 0.6) is 5.75 Å². The van der Waals surface area contributed by atoms with Gasteiger partial charge in [0.2, 0.25) is 11.8 Å². The second kappa shape index (κ2) is 6.43. The summed E-state index contributed by atoms with van der Waals surface area (Å²) in [6.07, 6.45) is 4.75. The Morgan fingerprint density at radius 3 is 2.84 bits per heavy atom. The number of nitrogens with one attached hydrogen (secondary N) is 1. The van der Waals surface area contributed by atoms with E-state index in [-0.39, 0.29) is 11.8 Å². The van der Waals surface area contributed by atoms with E-state index in [0.29, 0.717) is 30.2 Å². The number of amides is 2. The number of hydrogen-bond acceptors (Lipinski definition) is 5. The van der Waals surface area contributed by atoms with Crippen molar-refractivity contribution in [2.75, 3.05) is 19.0 Å². The lowest BCUT2D eigenvalue weighted by molar-refractivity contribution is -0.150. The number of oxazole rings is 1. The number of aromatic nitrogens is 1. The summed E-state index contributed by atoms with van der Waals surface area (Å²) in [7, 11) is 1.54. The zero-order chi connectivity index (χ0) is 18.0. The molecule has 7 nitrogen and oxygen atoms in total. The maximum atomic E-state index is 12.7. The van der Waals surface area contributed by atoms with Crippen molar-refractivity contribution in [3.63, 3.8) is 0 Å². The van der Waals surface area contributed by atoms with E-state index in [2.05, 4.69) is 16.9 Å². The number of nitrogens with zero attached hydrogens (tertiary/aromatic N) is 2. The SMILES string of the molecule is C=CC(=O)N1CCC1(C)C(=O)Nc1ccc(-c2cnco2)c(OC)c1. The van der Waals surface area contributed by atoms with Crippen molar-refractivity contribution < 1.29 is 18.7 Å². The van der Waals surface area contributed by atoms with Gasteiger partial charge in [-0.1, -0.05) is 6.58 Å². The van der Waals surface area contributed by atoms with E-state index < -0.39 is 5.54 Å². The molecule has 1 fully saturated rings. The summed E-state index contributed by atoms with van der Waals surface area (Å²) in [4.78, 5) is 29.9. The third-order valence-corrected chi connectivity index (χ3v) is 4.50. The van der Waals surface area contributed by atoms with Crippen molar-refractivity contribution in [2.45, 2.75) is 18.9 Å². The Labute approximate surface area is 145 Å². The van der Waals surface area contributed by atoms with Crippen molar-refractivity contribution in [3.05, 3.63) is 43.4 Å². The van der Waals surface area contributed by atoms with Crippen LogP contribution in [0.25, 0.3) is 11.3 Å². The molecule has 1 atom stereocenters. The molecule has 25 heavy (non-hydrogen) atoms. The summed E-state index contributed by atoms with van der Waals surface area (Å²) in [5, 5.41) is 2.85. The molecule has 3 rings (SSSR count). The molecule has 2 amide bonds. The number of methoxy groups -OCH3 is 1. The number of anilines is 1. The van der Waals surface area contributed by atoms with Crippen molar-refractivity contribution in [1.82, 2.24) is 9.88 Å². The topological polar surface area (TPSA) is 84.7 Å². The van der Waals surface area contributed by atoms with Crippen LogP contribution < -0.4 is 10.1 Å². The minimum atomic E-state index is -0.873. The molecule has 130 valence electrons. The molecule has 0 aliphatic carbocycles. The van der Waals surface area contributed by atoms with E-state index in [0.717, 1.165) is 5.56 Å². The molecular weight excluding hydrogens is 322 g/mol. The van der Waals surface area contributed by atoms with Crippen LogP contribution in [0, 0.1) is 0 Å². The molecule has 0 saturated carbocycles. The first-order chi connectivity index (χ1) is 12.0. The van der Waals surface area contributed by atoms with Crippen LogP contribution in [-0.4, -0.2) is 40.9 Å². The van der Waals surface area contributed by atoms with E-state index >= 15 is 0 Å². The van der Waals surface area contributed by atoms with Crippen LogP contribution >= 0.6 is 0 Å². The largest absolute Gasteiger partial charge is 0.496 e. The molecule has 1 N–H and O–H groups in total. The molecule has 0 radical (unpaired) electrons. The number of benzene rings is 1. The zero-order valence-corrected chi connectivity index (χ0v) is 14.1. The average Bonchev–Trinajstić information content (AvgIpc) is 3.14. The van der Waals surface area contributed by atoms with E-state index in [1.54, 1.807) is 38.4 Å². The number of hydrogen-bond donors (Lipinski definition) is 1. The lowest BCUT2D eigenvalue weighted by Crippen LogP contribution is -2.65. The summed E-state index contributed by atoms with van der Waals surface area (Å²) in [5.74, 6) is 0.626. The number of ether oxygens (including phenoxy) is 1. The Morgan fingerprint density at radius 1 is 1.48 bits per heavy atom. The average molecular weight is 341 g/mol. The fourth-order valence-corrected chi connectivity index (χ4v) is 2.85. The summed E-state index contributed by atoms with van der Waals surface area (Å²) in [6.45, 7) is 5.76. The quantitative estimate of drug-likeness (QED) is 0.845. The molecule has 7 heteroatoms. The summed E-state index contributed by atoms with van der Waals surface area (Å²) >= 11 is 0. The van der Waals surface area contributed by atoms with Crippen molar-refractivity contribution in [2.24, 2.45) is 0 Å². The maximum Gasteiger partial charge on any atom is 0.250 e.